The van der Waals surface area contributed by atoms with Crippen LogP contribution in [0.2, 0.25) is 64.5 Å². The quantitative estimate of drug-likeness (QED) is 0.158. The topological polar surface area (TPSA) is 163 Å². The summed E-state index contributed by atoms with van der Waals surface area (Å²) in [7, 11) is -9.49. The first kappa shape index (κ1) is 35.5. The van der Waals surface area contributed by atoms with E-state index < -0.39 is 76.5 Å². The van der Waals surface area contributed by atoms with Gasteiger partial charge in [-0.3, -0.25) is 4.79 Å². The van der Waals surface area contributed by atoms with Crippen molar-refractivity contribution in [3.05, 3.63) is 12.2 Å². The molecule has 0 aromatic rings. The summed E-state index contributed by atoms with van der Waals surface area (Å²) in [5.41, 5.74) is -0.776. The smallest absolute Gasteiger partial charge is 0.475 e. The second-order valence-electron chi connectivity index (χ2n) is 11.0. The van der Waals surface area contributed by atoms with Crippen LogP contribution in [-0.2, 0) is 21.9 Å². The molecule has 0 aromatic carbocycles. The molecule has 202 valence electrons. The molecule has 0 aliphatic rings. The van der Waals surface area contributed by atoms with Crippen LogP contribution in [0.3, 0.4) is 0 Å². The number of carbonyl (C=O) groups is 2. The van der Waals surface area contributed by atoms with Gasteiger partial charge in [0.05, 0.1) is 24.7 Å². The van der Waals surface area contributed by atoms with E-state index in [9.17, 15) is 24.9 Å². The number of carboxylic acids is 2. The Morgan fingerprint density at radius 2 is 1.18 bits per heavy atom. The highest BCUT2D eigenvalue weighted by Crippen LogP contribution is 2.39. The van der Waals surface area contributed by atoms with Gasteiger partial charge in [0.1, 0.15) is 6.10 Å². The van der Waals surface area contributed by atoms with Gasteiger partial charge in [-0.1, -0.05) is 13.5 Å². The monoisotopic (exact) mass is 558 g/mol. The van der Waals surface area contributed by atoms with E-state index in [1.165, 1.54) is 0 Å². The molecular formula is C20H46O10Si4. The van der Waals surface area contributed by atoms with E-state index in [0.717, 1.165) is 0 Å². The first-order valence-electron chi connectivity index (χ1n) is 11.2. The van der Waals surface area contributed by atoms with Crippen molar-refractivity contribution in [2.45, 2.75) is 96.4 Å². The van der Waals surface area contributed by atoms with E-state index in [1.54, 1.807) is 0 Å². The first-order valence-corrected chi connectivity index (χ1v) is 23.2. The average Bonchev–Trinajstić information content (AvgIpc) is 2.56. The summed E-state index contributed by atoms with van der Waals surface area (Å²) in [6, 6.07) is 0. The van der Waals surface area contributed by atoms with E-state index in [0.29, 0.717) is 6.42 Å². The minimum Gasteiger partial charge on any atom is -0.481 e. The largest absolute Gasteiger partial charge is 0.481 e. The highest BCUT2D eigenvalue weighted by Gasteiger charge is 2.58. The summed E-state index contributed by atoms with van der Waals surface area (Å²) in [6.45, 7) is 23.2. The maximum absolute atomic E-state index is 10.7. The van der Waals surface area contributed by atoms with Crippen molar-refractivity contribution < 1.29 is 47.5 Å². The molecule has 14 heteroatoms. The van der Waals surface area contributed by atoms with Gasteiger partial charge in [-0.2, -0.15) is 0 Å². The zero-order chi connectivity index (χ0) is 27.7. The predicted octanol–water partition coefficient (Wildman–Crippen LogP) is 3.08. The molecule has 3 unspecified atom stereocenters. The molecule has 0 aromatic heterocycles. The van der Waals surface area contributed by atoms with Gasteiger partial charge in [-0.25, -0.2) is 4.79 Å². The van der Waals surface area contributed by atoms with Crippen LogP contribution in [0.4, 0.5) is 0 Å². The molecule has 0 heterocycles. The third-order valence-electron chi connectivity index (χ3n) is 3.90. The van der Waals surface area contributed by atoms with Crippen molar-refractivity contribution in [3.63, 3.8) is 0 Å². The average molecular weight is 559 g/mol. The van der Waals surface area contributed by atoms with Crippen LogP contribution >= 0.6 is 0 Å². The number of aliphatic hydroxyl groups excluding tert-OH is 3. The maximum Gasteiger partial charge on any atom is 0.475 e. The molecule has 0 fully saturated rings. The molecule has 5 N–H and O–H groups in total. The number of aliphatic hydroxyl groups is 3. The van der Waals surface area contributed by atoms with Crippen LogP contribution in [0.25, 0.3) is 0 Å². The fourth-order valence-electron chi connectivity index (χ4n) is 2.90. The van der Waals surface area contributed by atoms with E-state index in [4.69, 9.17) is 22.6 Å². The SMILES string of the molecule is C=C(CC(=O)O)C(=O)O.CCC(C(O)C(O)CO)[Si](O[Si](C)(C)C)(O[Si](C)(C)C)O[Si](C)(C)C. The van der Waals surface area contributed by atoms with E-state index in [2.05, 4.69) is 65.5 Å². The number of aliphatic carboxylic acids is 2. The van der Waals surface area contributed by atoms with Crippen LogP contribution in [-0.4, -0.2) is 90.0 Å². The zero-order valence-corrected chi connectivity index (χ0v) is 26.3. The summed E-state index contributed by atoms with van der Waals surface area (Å²) >= 11 is 0. The van der Waals surface area contributed by atoms with Crippen molar-refractivity contribution in [2.24, 2.45) is 0 Å². The lowest BCUT2D eigenvalue weighted by Gasteiger charge is -2.47. The van der Waals surface area contributed by atoms with Crippen LogP contribution in [0.1, 0.15) is 19.8 Å². The Balaban J connectivity index is 0. The summed E-state index contributed by atoms with van der Waals surface area (Å²) < 4.78 is 19.8. The number of hydrogen-bond donors (Lipinski definition) is 5. The Hall–Kier alpha value is -0.692. The van der Waals surface area contributed by atoms with E-state index >= 15 is 0 Å². The molecular weight excluding hydrogens is 513 g/mol. The summed E-state index contributed by atoms with van der Waals surface area (Å²) in [5.74, 6) is -2.44. The lowest BCUT2D eigenvalue weighted by atomic mass is 10.1. The van der Waals surface area contributed by atoms with Crippen LogP contribution in [0.15, 0.2) is 12.2 Å². The molecule has 0 radical (unpaired) electrons. The summed E-state index contributed by atoms with van der Waals surface area (Å²) in [6.07, 6.45) is -2.34. The Morgan fingerprint density at radius 3 is 1.35 bits per heavy atom. The Kier molecular flexibility index (Phi) is 14.8. The van der Waals surface area contributed by atoms with E-state index in [-0.39, 0.29) is 5.57 Å². The third-order valence-corrected chi connectivity index (χ3v) is 16.3. The van der Waals surface area contributed by atoms with Crippen molar-refractivity contribution in [1.29, 1.82) is 0 Å². The lowest BCUT2D eigenvalue weighted by Crippen LogP contribution is -2.65. The molecule has 0 saturated heterocycles. The van der Waals surface area contributed by atoms with Crippen LogP contribution in [0.5, 0.6) is 0 Å². The fourth-order valence-corrected chi connectivity index (χ4v) is 17.7. The molecule has 0 aliphatic heterocycles. The van der Waals surface area contributed by atoms with Gasteiger partial charge in [-0.15, -0.1) is 0 Å². The number of carboxylic acid groups (broad SMARTS) is 2. The van der Waals surface area contributed by atoms with Gasteiger partial charge in [0.2, 0.25) is 0 Å². The summed E-state index contributed by atoms with van der Waals surface area (Å²) in [5, 5.41) is 46.2. The summed E-state index contributed by atoms with van der Waals surface area (Å²) in [4.78, 5) is 19.7. The second kappa shape index (κ2) is 14.1. The maximum atomic E-state index is 10.7. The van der Waals surface area contributed by atoms with Gasteiger partial charge in [0.15, 0.2) is 25.0 Å². The van der Waals surface area contributed by atoms with Gasteiger partial charge < -0.3 is 37.9 Å². The van der Waals surface area contributed by atoms with E-state index in [1.807, 2.05) is 6.92 Å². The zero-order valence-electron chi connectivity index (χ0n) is 22.3. The van der Waals surface area contributed by atoms with Gasteiger partial charge in [0.25, 0.3) is 0 Å². The minimum atomic E-state index is -3.31. The van der Waals surface area contributed by atoms with Crippen molar-refractivity contribution in [1.82, 2.24) is 0 Å². The molecule has 34 heavy (non-hydrogen) atoms. The highest BCUT2D eigenvalue weighted by molar-refractivity contribution is 6.90. The molecule has 0 bridgehead atoms. The van der Waals surface area contributed by atoms with Crippen molar-refractivity contribution in [2.75, 3.05) is 6.61 Å². The minimum absolute atomic E-state index is 0.303. The van der Waals surface area contributed by atoms with Crippen molar-refractivity contribution >= 4 is 45.7 Å². The standard InChI is InChI=1S/C15H40O6Si4.C5H6O4/c1-11-14(15(18)13(17)12-16)25(19-22(2,3)4,20-23(5,6)7)21-24(8,9)10;1-3(5(8)9)2-4(6)7/h13-18H,11-12H2,1-10H3;1-2H2,(H,6,7)(H,8,9). The molecule has 0 spiro atoms. The molecule has 3 atom stereocenters. The molecule has 0 saturated carbocycles. The van der Waals surface area contributed by atoms with Gasteiger partial charge >= 0.3 is 20.7 Å². The number of hydrogen-bond acceptors (Lipinski definition) is 8. The van der Waals surface area contributed by atoms with Crippen LogP contribution in [0, 0.1) is 0 Å². The molecule has 10 nitrogen and oxygen atoms in total. The fraction of sp³-hybridized carbons (Fsp3) is 0.800. The lowest BCUT2D eigenvalue weighted by molar-refractivity contribution is -0.139. The predicted molar refractivity (Wildman–Crippen MR) is 141 cm³/mol. The Morgan fingerprint density at radius 1 is 0.824 bits per heavy atom. The first-order chi connectivity index (χ1) is 15.0. The Labute approximate surface area is 208 Å². The number of rotatable bonds is 14. The molecule has 0 rings (SSSR count). The third kappa shape index (κ3) is 15.3. The highest BCUT2D eigenvalue weighted by atomic mass is 28.5. The second-order valence-corrected chi connectivity index (χ2v) is 28.1. The van der Waals surface area contributed by atoms with Crippen LogP contribution < -0.4 is 0 Å². The molecule has 0 aliphatic carbocycles. The van der Waals surface area contributed by atoms with Gasteiger partial charge in [0, 0.05) is 5.57 Å². The van der Waals surface area contributed by atoms with Gasteiger partial charge in [-0.05, 0) is 65.3 Å². The Bertz CT molecular complexity index is 627. The molecule has 0 amide bonds. The van der Waals surface area contributed by atoms with Crippen molar-refractivity contribution in [3.8, 4) is 0 Å². The normalized spacial score (nSPS) is 15.6.